The van der Waals surface area contributed by atoms with Gasteiger partial charge in [0.1, 0.15) is 17.2 Å². The number of halogens is 2. The molecule has 0 radical (unpaired) electrons. The van der Waals surface area contributed by atoms with Crippen molar-refractivity contribution in [1.29, 1.82) is 0 Å². The number of carbonyl (C=O) groups excluding carboxylic acids is 3. The highest BCUT2D eigenvalue weighted by Crippen LogP contribution is 2.41. The van der Waals surface area contributed by atoms with Crippen molar-refractivity contribution in [2.45, 2.75) is 110 Å². The molecule has 3 aromatic rings. The number of benzene rings is 3. The molecule has 2 heterocycles. The third-order valence-electron chi connectivity index (χ3n) is 10.9. The minimum atomic E-state index is -0.838. The van der Waals surface area contributed by atoms with E-state index in [-0.39, 0.29) is 44.2 Å². The molecule has 296 valence electrons. The summed E-state index contributed by atoms with van der Waals surface area (Å²) >= 11 is 13.1. The average Bonchev–Trinajstić information content (AvgIpc) is 3.47. The Bertz CT molecular complexity index is 1900. The lowest BCUT2D eigenvalue weighted by molar-refractivity contribution is -0.123. The van der Waals surface area contributed by atoms with E-state index in [2.05, 4.69) is 74.7 Å². The molecule has 3 N–H and O–H groups in total. The van der Waals surface area contributed by atoms with Crippen LogP contribution in [0.3, 0.4) is 0 Å². The number of carbonyl (C=O) groups is 3. The molecule has 0 aromatic heterocycles. The summed E-state index contributed by atoms with van der Waals surface area (Å²) in [7, 11) is 1.49. The molecule has 1 fully saturated rings. The van der Waals surface area contributed by atoms with E-state index in [1.807, 2.05) is 17.9 Å². The van der Waals surface area contributed by atoms with Crippen LogP contribution in [0.1, 0.15) is 98.1 Å². The molecule has 2 aliphatic rings. The van der Waals surface area contributed by atoms with Crippen molar-refractivity contribution < 1.29 is 23.9 Å². The number of hydrogen-bond donors (Lipinski definition) is 3. The van der Waals surface area contributed by atoms with Gasteiger partial charge in [0.2, 0.25) is 0 Å². The van der Waals surface area contributed by atoms with Crippen LogP contribution in [0.25, 0.3) is 0 Å². The first-order valence-corrected chi connectivity index (χ1v) is 19.9. The van der Waals surface area contributed by atoms with Crippen LogP contribution in [0.15, 0.2) is 59.7 Å². The number of hydrazone groups is 1. The summed E-state index contributed by atoms with van der Waals surface area (Å²) in [6.45, 7) is 16.5. The lowest BCUT2D eigenvalue weighted by Gasteiger charge is -2.31. The van der Waals surface area contributed by atoms with Crippen LogP contribution >= 0.6 is 23.2 Å². The van der Waals surface area contributed by atoms with Gasteiger partial charge in [-0.3, -0.25) is 19.8 Å². The van der Waals surface area contributed by atoms with Gasteiger partial charge >= 0.3 is 6.03 Å². The van der Waals surface area contributed by atoms with Crippen LogP contribution < -0.4 is 30.4 Å². The van der Waals surface area contributed by atoms with Crippen molar-refractivity contribution in [2.24, 2.45) is 5.10 Å². The van der Waals surface area contributed by atoms with E-state index < -0.39 is 18.2 Å². The molecule has 55 heavy (non-hydrogen) atoms. The molecular formula is C42H54Cl2N6O5. The average molecular weight is 794 g/mol. The van der Waals surface area contributed by atoms with Gasteiger partial charge in [-0.1, -0.05) is 96.3 Å². The maximum Gasteiger partial charge on any atom is 0.324 e. The van der Waals surface area contributed by atoms with E-state index in [0.717, 1.165) is 42.7 Å². The van der Waals surface area contributed by atoms with Gasteiger partial charge in [-0.2, -0.15) is 5.01 Å². The summed E-state index contributed by atoms with van der Waals surface area (Å²) in [5.74, 6) is 0.595. The SMILES string of the molecule is CCC(Oc1ccc(C(C)(C)CC)cc1C(C)(C)CC)C(=O)Nc1cccc(NC(=O)NC2=NN(c3c(Cl)cc(OC)cc3Cl)C(=O)C2N2CCCCC2)c1. The molecule has 4 amide bonds. The van der Waals surface area contributed by atoms with E-state index >= 15 is 0 Å². The molecular weight excluding hydrogens is 739 g/mol. The summed E-state index contributed by atoms with van der Waals surface area (Å²) in [6, 6.07) is 14.8. The van der Waals surface area contributed by atoms with E-state index in [4.69, 9.17) is 32.7 Å². The second kappa shape index (κ2) is 17.6. The first kappa shape index (κ1) is 41.8. The van der Waals surface area contributed by atoms with Crippen molar-refractivity contribution >= 4 is 63.9 Å². The Balaban J connectivity index is 1.31. The lowest BCUT2D eigenvalue weighted by atomic mass is 9.76. The van der Waals surface area contributed by atoms with E-state index in [0.29, 0.717) is 42.4 Å². The van der Waals surface area contributed by atoms with Gasteiger partial charge in [0.05, 0.1) is 17.2 Å². The topological polar surface area (TPSA) is 125 Å². The van der Waals surface area contributed by atoms with Crippen molar-refractivity contribution in [3.05, 3.63) is 75.8 Å². The summed E-state index contributed by atoms with van der Waals surface area (Å²) in [6.07, 6.45) is 4.48. The highest BCUT2D eigenvalue weighted by Gasteiger charge is 2.43. The summed E-state index contributed by atoms with van der Waals surface area (Å²) in [4.78, 5) is 43.0. The Labute approximate surface area is 335 Å². The molecule has 0 bridgehead atoms. The highest BCUT2D eigenvalue weighted by atomic mass is 35.5. The van der Waals surface area contributed by atoms with Crippen LogP contribution in [-0.4, -0.2) is 60.9 Å². The van der Waals surface area contributed by atoms with Crippen molar-refractivity contribution in [2.75, 3.05) is 35.8 Å². The number of piperidine rings is 1. The lowest BCUT2D eigenvalue weighted by Crippen LogP contribution is -2.53. The number of ether oxygens (including phenoxy) is 2. The van der Waals surface area contributed by atoms with Gasteiger partial charge in [0.25, 0.3) is 11.8 Å². The zero-order chi connectivity index (χ0) is 40.1. The van der Waals surface area contributed by atoms with Gasteiger partial charge < -0.3 is 20.1 Å². The molecule has 3 aromatic carbocycles. The van der Waals surface area contributed by atoms with E-state index in [1.165, 1.54) is 12.7 Å². The van der Waals surface area contributed by atoms with Crippen LogP contribution in [-0.2, 0) is 20.4 Å². The van der Waals surface area contributed by atoms with Gasteiger partial charge in [0.15, 0.2) is 18.0 Å². The Morgan fingerprint density at radius 1 is 0.873 bits per heavy atom. The van der Waals surface area contributed by atoms with Crippen molar-refractivity contribution in [1.82, 2.24) is 10.2 Å². The quantitative estimate of drug-likeness (QED) is 0.158. The third-order valence-corrected chi connectivity index (χ3v) is 11.5. The first-order chi connectivity index (χ1) is 26.1. The molecule has 0 spiro atoms. The molecule has 0 saturated carbocycles. The fourth-order valence-corrected chi connectivity index (χ4v) is 7.32. The predicted molar refractivity (Wildman–Crippen MR) is 222 cm³/mol. The minimum absolute atomic E-state index is 0.00575. The minimum Gasteiger partial charge on any atom is -0.497 e. The summed E-state index contributed by atoms with van der Waals surface area (Å²) in [5.41, 5.74) is 3.26. The van der Waals surface area contributed by atoms with Gasteiger partial charge in [-0.05, 0) is 85.9 Å². The fraction of sp³-hybridized carbons (Fsp3) is 0.476. The van der Waals surface area contributed by atoms with Gasteiger partial charge in [-0.15, -0.1) is 5.10 Å². The summed E-state index contributed by atoms with van der Waals surface area (Å²) < 4.78 is 11.7. The maximum absolute atomic E-state index is 13.9. The second-order valence-electron chi connectivity index (χ2n) is 15.4. The van der Waals surface area contributed by atoms with Gasteiger partial charge in [0, 0.05) is 29.1 Å². The monoisotopic (exact) mass is 792 g/mol. The molecule has 1 saturated heterocycles. The van der Waals surface area contributed by atoms with Crippen molar-refractivity contribution in [3.63, 3.8) is 0 Å². The summed E-state index contributed by atoms with van der Waals surface area (Å²) in [5, 5.41) is 14.6. The molecule has 5 rings (SSSR count). The zero-order valence-corrected chi connectivity index (χ0v) is 34.7. The zero-order valence-electron chi connectivity index (χ0n) is 33.1. The molecule has 2 aliphatic heterocycles. The smallest absolute Gasteiger partial charge is 0.324 e. The van der Waals surface area contributed by atoms with Gasteiger partial charge in [-0.25, -0.2) is 4.79 Å². The first-order valence-electron chi connectivity index (χ1n) is 19.1. The number of likely N-dealkylation sites (tertiary alicyclic amines) is 1. The molecule has 11 nitrogen and oxygen atoms in total. The standard InChI is InChI=1S/C42H54Cl2N6O5/c1-9-33(55-34-19-18-26(41(4,5)10-2)22-30(34)42(6,7)11-3)38(51)45-27-16-15-17-28(23-27)46-40(53)47-37-36(49-20-13-12-14-21-49)39(52)50(48-37)35-31(43)24-29(54-8)25-32(35)44/h15-19,22-25,33,36H,9-14,20-21H2,1-8H3,(H,45,51)(H2,46,47,48,53). The molecule has 2 atom stereocenters. The fourth-order valence-electron chi connectivity index (χ4n) is 6.69. The van der Waals surface area contributed by atoms with Crippen LogP contribution in [0.2, 0.25) is 10.0 Å². The number of nitrogens with zero attached hydrogens (tertiary/aromatic N) is 3. The number of methoxy groups -OCH3 is 1. The second-order valence-corrected chi connectivity index (χ2v) is 16.2. The number of hydrogen-bond acceptors (Lipinski definition) is 7. The molecule has 2 unspecified atom stereocenters. The van der Waals surface area contributed by atoms with Crippen molar-refractivity contribution in [3.8, 4) is 11.5 Å². The normalized spacial score (nSPS) is 17.1. The van der Waals surface area contributed by atoms with Crippen LogP contribution in [0.4, 0.5) is 21.9 Å². The van der Waals surface area contributed by atoms with Crippen LogP contribution in [0.5, 0.6) is 11.5 Å². The highest BCUT2D eigenvalue weighted by molar-refractivity contribution is 6.41. The molecule has 0 aliphatic carbocycles. The number of amidine groups is 1. The Morgan fingerprint density at radius 2 is 1.51 bits per heavy atom. The number of urea groups is 1. The van der Waals surface area contributed by atoms with E-state index in [1.54, 1.807) is 36.4 Å². The predicted octanol–water partition coefficient (Wildman–Crippen LogP) is 9.51. The third kappa shape index (κ3) is 9.56. The Morgan fingerprint density at radius 3 is 2.11 bits per heavy atom. The van der Waals surface area contributed by atoms with E-state index in [9.17, 15) is 14.4 Å². The Kier molecular flexibility index (Phi) is 13.4. The number of anilines is 3. The van der Waals surface area contributed by atoms with Crippen LogP contribution in [0, 0.1) is 0 Å². The number of amides is 4. The number of rotatable bonds is 13. The Hall–Kier alpha value is -4.32. The number of nitrogens with one attached hydrogen (secondary N) is 3. The molecule has 13 heteroatoms. The largest absolute Gasteiger partial charge is 0.497 e. The maximum atomic E-state index is 13.9.